The molecule has 0 aliphatic heterocycles. The summed E-state index contributed by atoms with van der Waals surface area (Å²) in [6, 6.07) is -0.213. The minimum absolute atomic E-state index is 0.0915. The molecule has 0 spiro atoms. The topological polar surface area (TPSA) is 38.7 Å². The second-order valence-electron chi connectivity index (χ2n) is 3.65. The van der Waals surface area contributed by atoms with E-state index in [-0.39, 0.29) is 23.4 Å². The van der Waals surface area contributed by atoms with Crippen LogP contribution in [0.2, 0.25) is 0 Å². The highest BCUT2D eigenvalue weighted by molar-refractivity contribution is 6.21. The third kappa shape index (κ3) is 0.927. The van der Waals surface area contributed by atoms with Gasteiger partial charge in [0, 0.05) is 18.9 Å². The van der Waals surface area contributed by atoms with Crippen LogP contribution in [0.5, 0.6) is 0 Å². The first-order valence-corrected chi connectivity index (χ1v) is 4.72. The Kier molecular flexibility index (Phi) is 2.09. The second-order valence-corrected chi connectivity index (χ2v) is 4.15. The van der Waals surface area contributed by atoms with E-state index in [9.17, 15) is 4.91 Å². The van der Waals surface area contributed by atoms with Gasteiger partial charge in [-0.25, -0.2) is 0 Å². The normalized spacial score (nSPS) is 51.3. The van der Waals surface area contributed by atoms with Gasteiger partial charge in [0.15, 0.2) is 0 Å². The van der Waals surface area contributed by atoms with E-state index in [4.69, 9.17) is 16.3 Å². The molecule has 2 bridgehead atoms. The van der Waals surface area contributed by atoms with E-state index in [1.807, 2.05) is 0 Å². The molecule has 0 aromatic heterocycles. The fraction of sp³-hybridized carbons (Fsp3) is 1.00. The summed E-state index contributed by atoms with van der Waals surface area (Å²) >= 11 is 6.07. The molecule has 3 nitrogen and oxygen atoms in total. The number of alkyl halides is 1. The van der Waals surface area contributed by atoms with Crippen molar-refractivity contribution >= 4 is 11.6 Å². The number of nitrogens with zero attached hydrogens (tertiary/aromatic N) is 1. The summed E-state index contributed by atoms with van der Waals surface area (Å²) in [7, 11) is 1.69. The second kappa shape index (κ2) is 2.96. The predicted molar refractivity (Wildman–Crippen MR) is 46.2 cm³/mol. The number of ether oxygens (including phenoxy) is 1. The smallest absolute Gasteiger partial charge is 0.114 e. The van der Waals surface area contributed by atoms with Gasteiger partial charge in [-0.1, -0.05) is 5.18 Å². The summed E-state index contributed by atoms with van der Waals surface area (Å²) in [6.07, 6.45) is 2.31. The van der Waals surface area contributed by atoms with E-state index in [1.165, 1.54) is 0 Å². The molecule has 68 valence electrons. The van der Waals surface area contributed by atoms with Crippen LogP contribution in [-0.2, 0) is 4.74 Å². The Hall–Kier alpha value is -0.150. The van der Waals surface area contributed by atoms with Gasteiger partial charge in [-0.2, -0.15) is 4.91 Å². The molecule has 0 aromatic rings. The summed E-state index contributed by atoms with van der Waals surface area (Å²) in [5, 5.41) is 3.00. The third-order valence-electron chi connectivity index (χ3n) is 3.25. The quantitative estimate of drug-likeness (QED) is 0.491. The maximum atomic E-state index is 10.5. The van der Waals surface area contributed by atoms with E-state index in [1.54, 1.807) is 7.11 Å². The van der Waals surface area contributed by atoms with Gasteiger partial charge in [0.05, 0.1) is 11.5 Å². The summed E-state index contributed by atoms with van der Waals surface area (Å²) < 4.78 is 5.32. The number of hydrogen-bond donors (Lipinski definition) is 0. The zero-order valence-electron chi connectivity index (χ0n) is 6.94. The van der Waals surface area contributed by atoms with Gasteiger partial charge < -0.3 is 4.74 Å². The van der Waals surface area contributed by atoms with Gasteiger partial charge in [0.1, 0.15) is 6.04 Å². The third-order valence-corrected chi connectivity index (χ3v) is 3.83. The van der Waals surface area contributed by atoms with Gasteiger partial charge in [0.25, 0.3) is 0 Å². The number of halogens is 1. The van der Waals surface area contributed by atoms with Gasteiger partial charge in [-0.3, -0.25) is 0 Å². The monoisotopic (exact) mass is 189 g/mol. The molecule has 0 amide bonds. The Morgan fingerprint density at radius 1 is 1.42 bits per heavy atom. The van der Waals surface area contributed by atoms with Crippen LogP contribution in [-0.4, -0.2) is 24.6 Å². The SMILES string of the molecule is COC1C2CCC1C(N=O)C2Cl. The molecule has 2 saturated carbocycles. The molecule has 0 saturated heterocycles. The van der Waals surface area contributed by atoms with Crippen LogP contribution >= 0.6 is 11.6 Å². The van der Waals surface area contributed by atoms with Crippen LogP contribution in [0.1, 0.15) is 12.8 Å². The van der Waals surface area contributed by atoms with Gasteiger partial charge in [0.2, 0.25) is 0 Å². The number of fused-ring (bicyclic) bond motifs is 2. The van der Waals surface area contributed by atoms with E-state index in [0.717, 1.165) is 12.8 Å². The fourth-order valence-electron chi connectivity index (χ4n) is 2.71. The number of hydrogen-bond acceptors (Lipinski definition) is 3. The Morgan fingerprint density at radius 2 is 2.08 bits per heavy atom. The van der Waals surface area contributed by atoms with Crippen molar-refractivity contribution in [2.45, 2.75) is 30.4 Å². The molecule has 0 aromatic carbocycles. The predicted octanol–water partition coefficient (Wildman–Crippen LogP) is 1.78. The average molecular weight is 190 g/mol. The van der Waals surface area contributed by atoms with Crippen LogP contribution in [0.25, 0.3) is 0 Å². The average Bonchev–Trinajstić information content (AvgIpc) is 2.58. The largest absolute Gasteiger partial charge is 0.381 e. The Bertz CT molecular complexity index is 199. The molecule has 0 heterocycles. The van der Waals surface area contributed by atoms with Crippen molar-refractivity contribution in [3.63, 3.8) is 0 Å². The lowest BCUT2D eigenvalue weighted by Gasteiger charge is -2.18. The maximum absolute atomic E-state index is 10.5. The first kappa shape index (κ1) is 8.45. The summed E-state index contributed by atoms with van der Waals surface area (Å²) in [5.41, 5.74) is 0. The van der Waals surface area contributed by atoms with Crippen molar-refractivity contribution in [2.24, 2.45) is 17.0 Å². The molecule has 2 aliphatic carbocycles. The lowest BCUT2D eigenvalue weighted by atomic mass is 9.96. The van der Waals surface area contributed by atoms with Crippen LogP contribution in [0, 0.1) is 16.7 Å². The lowest BCUT2D eigenvalue weighted by Crippen LogP contribution is -2.25. The fourth-order valence-corrected chi connectivity index (χ4v) is 3.21. The van der Waals surface area contributed by atoms with Crippen LogP contribution < -0.4 is 0 Å². The van der Waals surface area contributed by atoms with E-state index in [2.05, 4.69) is 5.18 Å². The highest BCUT2D eigenvalue weighted by Crippen LogP contribution is 2.49. The first-order valence-electron chi connectivity index (χ1n) is 4.29. The molecular weight excluding hydrogens is 178 g/mol. The molecule has 2 fully saturated rings. The Morgan fingerprint density at radius 3 is 2.50 bits per heavy atom. The summed E-state index contributed by atoms with van der Waals surface area (Å²) in [5.74, 6) is 0.629. The Labute approximate surface area is 76.4 Å². The van der Waals surface area contributed by atoms with Crippen LogP contribution in [0.3, 0.4) is 0 Å². The number of nitroso groups, excluding NO2 is 1. The van der Waals surface area contributed by atoms with Crippen molar-refractivity contribution < 1.29 is 4.74 Å². The number of methoxy groups -OCH3 is 1. The number of rotatable bonds is 2. The molecule has 0 N–H and O–H groups in total. The highest BCUT2D eigenvalue weighted by atomic mass is 35.5. The Balaban J connectivity index is 2.20. The van der Waals surface area contributed by atoms with Gasteiger partial charge in [-0.15, -0.1) is 11.6 Å². The van der Waals surface area contributed by atoms with E-state index >= 15 is 0 Å². The molecule has 2 rings (SSSR count). The zero-order chi connectivity index (χ0) is 8.72. The molecule has 12 heavy (non-hydrogen) atoms. The summed E-state index contributed by atoms with van der Waals surface area (Å²) in [6.45, 7) is 0. The van der Waals surface area contributed by atoms with E-state index in [0.29, 0.717) is 5.92 Å². The molecule has 0 radical (unpaired) electrons. The van der Waals surface area contributed by atoms with Crippen molar-refractivity contribution in [1.82, 2.24) is 0 Å². The molecule has 5 unspecified atom stereocenters. The first-order chi connectivity index (χ1) is 5.79. The van der Waals surface area contributed by atoms with Crippen molar-refractivity contribution in [1.29, 1.82) is 0 Å². The minimum Gasteiger partial charge on any atom is -0.381 e. The zero-order valence-corrected chi connectivity index (χ0v) is 7.70. The van der Waals surface area contributed by atoms with E-state index < -0.39 is 0 Å². The minimum atomic E-state index is -0.213. The van der Waals surface area contributed by atoms with Gasteiger partial charge in [-0.05, 0) is 12.8 Å². The molecule has 4 heteroatoms. The molecule has 5 atom stereocenters. The lowest BCUT2D eigenvalue weighted by molar-refractivity contribution is 0.0651. The molecular formula is C8H12ClNO2. The maximum Gasteiger partial charge on any atom is 0.114 e. The van der Waals surface area contributed by atoms with Crippen molar-refractivity contribution in [3.8, 4) is 0 Å². The van der Waals surface area contributed by atoms with Crippen LogP contribution in [0.4, 0.5) is 0 Å². The standard InChI is InChI=1S/C8H12ClNO2/c1-12-8-4-2-3-5(8)7(10-11)6(4)9/h4-8H,2-3H2,1H3. The van der Waals surface area contributed by atoms with Gasteiger partial charge >= 0.3 is 0 Å². The molecule has 2 aliphatic rings. The van der Waals surface area contributed by atoms with Crippen LogP contribution in [0.15, 0.2) is 5.18 Å². The van der Waals surface area contributed by atoms with Crippen molar-refractivity contribution in [3.05, 3.63) is 4.91 Å². The summed E-state index contributed by atoms with van der Waals surface area (Å²) in [4.78, 5) is 10.5. The highest BCUT2D eigenvalue weighted by Gasteiger charge is 2.55. The van der Waals surface area contributed by atoms with Crippen molar-refractivity contribution in [2.75, 3.05) is 7.11 Å².